The van der Waals surface area contributed by atoms with Crippen molar-refractivity contribution >= 4 is 41.7 Å². The van der Waals surface area contributed by atoms with Crippen LogP contribution >= 0.6 is 35.7 Å². The molecule has 6 nitrogen and oxygen atoms in total. The fourth-order valence-corrected chi connectivity index (χ4v) is 3.46. The topological polar surface area (TPSA) is 75.1 Å². The van der Waals surface area contributed by atoms with Gasteiger partial charge in [0.2, 0.25) is 0 Å². The molecule has 0 saturated carbocycles. The van der Waals surface area contributed by atoms with Gasteiger partial charge in [-0.1, -0.05) is 6.07 Å². The summed E-state index contributed by atoms with van der Waals surface area (Å²) < 4.78 is 24.1. The quantitative estimate of drug-likeness (QED) is 0.230. The second-order valence-electron chi connectivity index (χ2n) is 6.58. The normalized spacial score (nSPS) is 12.0. The van der Waals surface area contributed by atoms with Crippen molar-refractivity contribution in [3.05, 3.63) is 58.9 Å². The maximum absolute atomic E-state index is 13.6. The lowest BCUT2D eigenvalue weighted by atomic mass is 10.1. The van der Waals surface area contributed by atoms with Crippen LogP contribution in [0.5, 0.6) is 11.5 Å². The van der Waals surface area contributed by atoms with Crippen LogP contribution in [0.4, 0.5) is 4.39 Å². The molecular weight excluding hydrogens is 532 g/mol. The maximum atomic E-state index is 13.6. The van der Waals surface area contributed by atoms with E-state index >= 15 is 0 Å². The molecule has 0 aliphatic heterocycles. The minimum absolute atomic E-state index is 0. The van der Waals surface area contributed by atoms with Gasteiger partial charge < -0.3 is 25.2 Å². The number of rotatable bonds is 10. The van der Waals surface area contributed by atoms with Gasteiger partial charge >= 0.3 is 0 Å². The van der Waals surface area contributed by atoms with Crippen LogP contribution in [0.3, 0.4) is 0 Å². The summed E-state index contributed by atoms with van der Waals surface area (Å²) in [6.07, 6.45) is 1.20. The van der Waals surface area contributed by atoms with E-state index in [0.29, 0.717) is 36.1 Å². The van der Waals surface area contributed by atoms with E-state index in [9.17, 15) is 9.50 Å². The van der Waals surface area contributed by atoms with Gasteiger partial charge in [-0.15, -0.1) is 24.0 Å². The molecule has 0 amide bonds. The molecule has 0 radical (unpaired) electrons. The van der Waals surface area contributed by atoms with Crippen LogP contribution in [0.1, 0.15) is 29.7 Å². The molecule has 0 fully saturated rings. The van der Waals surface area contributed by atoms with Crippen LogP contribution in [-0.4, -0.2) is 44.6 Å². The average Bonchev–Trinajstić information content (AvgIpc) is 2.76. The highest BCUT2D eigenvalue weighted by Crippen LogP contribution is 2.26. The molecule has 0 aromatic heterocycles. The van der Waals surface area contributed by atoms with E-state index in [2.05, 4.69) is 15.6 Å². The van der Waals surface area contributed by atoms with E-state index in [4.69, 9.17) is 9.47 Å². The molecule has 1 unspecified atom stereocenters. The van der Waals surface area contributed by atoms with Crippen molar-refractivity contribution in [1.29, 1.82) is 0 Å². The van der Waals surface area contributed by atoms with Gasteiger partial charge in [-0.2, -0.15) is 11.8 Å². The molecule has 0 spiro atoms. The Kier molecular flexibility index (Phi) is 12.7. The van der Waals surface area contributed by atoms with Crippen LogP contribution < -0.4 is 20.1 Å². The molecule has 2 rings (SSSR count). The summed E-state index contributed by atoms with van der Waals surface area (Å²) in [4.78, 5) is 4.59. The van der Waals surface area contributed by atoms with E-state index in [0.717, 1.165) is 16.9 Å². The molecule has 172 valence electrons. The fourth-order valence-electron chi connectivity index (χ4n) is 2.88. The van der Waals surface area contributed by atoms with Crippen LogP contribution in [0, 0.1) is 5.82 Å². The molecular formula is C22H31FIN3O3S. The number of benzene rings is 2. The lowest BCUT2D eigenvalue weighted by Gasteiger charge is -2.17. The standard InChI is InChI=1S/C22H30FN3O3S.HI/c1-5-24-22(25-12-15-6-7-18(23)8-17(15)14-30-4)26-13-21(27)16-9-19(28-2)11-20(10-16)29-3;/h6-11,21,27H,5,12-14H2,1-4H3,(H2,24,25,26);1H. The molecule has 0 aliphatic rings. The first kappa shape index (κ1) is 27.3. The third kappa shape index (κ3) is 8.74. The van der Waals surface area contributed by atoms with E-state index < -0.39 is 6.10 Å². The third-order valence-electron chi connectivity index (χ3n) is 4.44. The number of guanidine groups is 1. The van der Waals surface area contributed by atoms with Gasteiger partial charge in [0.25, 0.3) is 0 Å². The highest BCUT2D eigenvalue weighted by atomic mass is 127. The average molecular weight is 563 g/mol. The smallest absolute Gasteiger partial charge is 0.191 e. The molecule has 2 aromatic rings. The van der Waals surface area contributed by atoms with Crippen LogP contribution in [0.2, 0.25) is 0 Å². The van der Waals surface area contributed by atoms with Crippen molar-refractivity contribution < 1.29 is 19.0 Å². The van der Waals surface area contributed by atoms with Crippen molar-refractivity contribution in [1.82, 2.24) is 10.6 Å². The Hall–Kier alpha value is -1.72. The zero-order valence-corrected chi connectivity index (χ0v) is 21.4. The first-order valence-electron chi connectivity index (χ1n) is 9.70. The maximum Gasteiger partial charge on any atom is 0.191 e. The molecule has 0 saturated heterocycles. The van der Waals surface area contributed by atoms with Gasteiger partial charge in [-0.05, 0) is 54.1 Å². The van der Waals surface area contributed by atoms with Crippen LogP contribution in [0.25, 0.3) is 0 Å². The Balaban J connectivity index is 0.00000480. The van der Waals surface area contributed by atoms with E-state index in [1.807, 2.05) is 13.2 Å². The second-order valence-corrected chi connectivity index (χ2v) is 7.45. The van der Waals surface area contributed by atoms with Crippen molar-refractivity contribution in [2.24, 2.45) is 4.99 Å². The number of halogens is 2. The van der Waals surface area contributed by atoms with E-state index in [1.165, 1.54) is 6.07 Å². The molecule has 0 aliphatic carbocycles. The minimum Gasteiger partial charge on any atom is -0.497 e. The van der Waals surface area contributed by atoms with Gasteiger partial charge in [0, 0.05) is 24.9 Å². The summed E-state index contributed by atoms with van der Waals surface area (Å²) in [6.45, 7) is 3.31. The largest absolute Gasteiger partial charge is 0.497 e. The monoisotopic (exact) mass is 563 g/mol. The van der Waals surface area contributed by atoms with Gasteiger partial charge in [0.15, 0.2) is 5.96 Å². The summed E-state index contributed by atoms with van der Waals surface area (Å²) in [7, 11) is 3.14. The Morgan fingerprint density at radius 3 is 2.35 bits per heavy atom. The molecule has 3 N–H and O–H groups in total. The number of aliphatic hydroxyl groups excluding tert-OH is 1. The molecule has 0 heterocycles. The number of ether oxygens (including phenoxy) is 2. The first-order valence-corrected chi connectivity index (χ1v) is 11.1. The number of nitrogens with one attached hydrogen (secondary N) is 2. The molecule has 9 heteroatoms. The Bertz CT molecular complexity index is 832. The zero-order valence-electron chi connectivity index (χ0n) is 18.3. The fraction of sp³-hybridized carbons (Fsp3) is 0.409. The number of hydrogen-bond donors (Lipinski definition) is 3. The van der Waals surface area contributed by atoms with Crippen LogP contribution in [0.15, 0.2) is 41.4 Å². The summed E-state index contributed by atoms with van der Waals surface area (Å²) in [6, 6.07) is 10.1. The number of aliphatic imine (C=N–C) groups is 1. The number of hydrogen-bond acceptors (Lipinski definition) is 5. The van der Waals surface area contributed by atoms with E-state index in [-0.39, 0.29) is 36.3 Å². The molecule has 2 aromatic carbocycles. The second kappa shape index (κ2) is 14.4. The molecule has 31 heavy (non-hydrogen) atoms. The van der Waals surface area contributed by atoms with Crippen molar-refractivity contribution in [3.8, 4) is 11.5 Å². The predicted octanol–water partition coefficient (Wildman–Crippen LogP) is 4.11. The number of aliphatic hydroxyl groups is 1. The Morgan fingerprint density at radius 2 is 1.77 bits per heavy atom. The summed E-state index contributed by atoms with van der Waals surface area (Å²) in [5.74, 6) is 2.28. The van der Waals surface area contributed by atoms with Gasteiger partial charge in [-0.25, -0.2) is 9.38 Å². The summed E-state index contributed by atoms with van der Waals surface area (Å²) >= 11 is 1.64. The van der Waals surface area contributed by atoms with Gasteiger partial charge in [0.05, 0.1) is 26.9 Å². The number of nitrogens with zero attached hydrogens (tertiary/aromatic N) is 1. The highest BCUT2D eigenvalue weighted by molar-refractivity contribution is 14.0. The predicted molar refractivity (Wildman–Crippen MR) is 136 cm³/mol. The first-order chi connectivity index (χ1) is 14.5. The van der Waals surface area contributed by atoms with Crippen LogP contribution in [-0.2, 0) is 12.3 Å². The Labute approximate surface area is 205 Å². The number of thioether (sulfide) groups is 1. The number of methoxy groups -OCH3 is 2. The molecule has 1 atom stereocenters. The zero-order chi connectivity index (χ0) is 21.9. The van der Waals surface area contributed by atoms with Gasteiger partial charge in [-0.3, -0.25) is 0 Å². The van der Waals surface area contributed by atoms with Crippen molar-refractivity contribution in [2.45, 2.75) is 25.3 Å². The SMILES string of the molecule is CCNC(=NCc1ccc(F)cc1CSC)NCC(O)c1cc(OC)cc(OC)c1.I. The summed E-state index contributed by atoms with van der Waals surface area (Å²) in [5.41, 5.74) is 2.59. The Morgan fingerprint density at radius 1 is 1.10 bits per heavy atom. The minimum atomic E-state index is -0.782. The van der Waals surface area contributed by atoms with E-state index in [1.54, 1.807) is 56.3 Å². The molecule has 0 bridgehead atoms. The van der Waals surface area contributed by atoms with Crippen molar-refractivity contribution in [2.75, 3.05) is 33.6 Å². The summed E-state index contributed by atoms with van der Waals surface area (Å²) in [5, 5.41) is 16.9. The lowest BCUT2D eigenvalue weighted by molar-refractivity contribution is 0.180. The third-order valence-corrected chi connectivity index (χ3v) is 5.04. The van der Waals surface area contributed by atoms with Crippen molar-refractivity contribution in [3.63, 3.8) is 0 Å². The highest BCUT2D eigenvalue weighted by Gasteiger charge is 2.12. The lowest BCUT2D eigenvalue weighted by Crippen LogP contribution is -2.39. The van der Waals surface area contributed by atoms with Gasteiger partial charge in [0.1, 0.15) is 17.3 Å².